The van der Waals surface area contributed by atoms with E-state index >= 15 is 0 Å². The highest BCUT2D eigenvalue weighted by atomic mass is 16.5. The lowest BCUT2D eigenvalue weighted by Gasteiger charge is -2.24. The van der Waals surface area contributed by atoms with Gasteiger partial charge in [-0.05, 0) is 44.7 Å². The van der Waals surface area contributed by atoms with Gasteiger partial charge in [0.1, 0.15) is 6.54 Å². The Hall–Kier alpha value is -1.88. The molecule has 0 unspecified atom stereocenters. The molecule has 126 valence electrons. The molecule has 1 heterocycles. The Morgan fingerprint density at radius 1 is 1.30 bits per heavy atom. The zero-order valence-corrected chi connectivity index (χ0v) is 14.2. The summed E-state index contributed by atoms with van der Waals surface area (Å²) in [5.41, 5.74) is 1.78. The SMILES string of the molecule is CNC(=O)CN(C(=O)CC[C@@H]1CC[C@H](C)O1)c1ccccc1C. The molecule has 1 aliphatic heterocycles. The van der Waals surface area contributed by atoms with Crippen molar-refractivity contribution in [2.75, 3.05) is 18.5 Å². The van der Waals surface area contributed by atoms with Gasteiger partial charge in [-0.1, -0.05) is 18.2 Å². The van der Waals surface area contributed by atoms with Crippen molar-refractivity contribution in [3.63, 3.8) is 0 Å². The molecule has 0 saturated carbocycles. The average molecular weight is 318 g/mol. The maximum absolute atomic E-state index is 12.7. The lowest BCUT2D eigenvalue weighted by atomic mass is 10.1. The summed E-state index contributed by atoms with van der Waals surface area (Å²) in [4.78, 5) is 26.0. The van der Waals surface area contributed by atoms with Gasteiger partial charge in [-0.2, -0.15) is 0 Å². The fourth-order valence-corrected chi connectivity index (χ4v) is 2.91. The molecule has 0 bridgehead atoms. The van der Waals surface area contributed by atoms with Gasteiger partial charge in [0.15, 0.2) is 0 Å². The molecular weight excluding hydrogens is 292 g/mol. The average Bonchev–Trinajstić information content (AvgIpc) is 2.96. The van der Waals surface area contributed by atoms with Crippen molar-refractivity contribution in [3.8, 4) is 0 Å². The third-order valence-corrected chi connectivity index (χ3v) is 4.29. The molecular formula is C18H26N2O3. The Labute approximate surface area is 138 Å². The quantitative estimate of drug-likeness (QED) is 0.876. The summed E-state index contributed by atoms with van der Waals surface area (Å²) in [7, 11) is 1.58. The van der Waals surface area contributed by atoms with E-state index in [2.05, 4.69) is 12.2 Å². The van der Waals surface area contributed by atoms with Gasteiger partial charge in [-0.3, -0.25) is 9.59 Å². The van der Waals surface area contributed by atoms with E-state index in [4.69, 9.17) is 4.74 Å². The first-order chi connectivity index (χ1) is 11.0. The van der Waals surface area contributed by atoms with E-state index < -0.39 is 0 Å². The van der Waals surface area contributed by atoms with E-state index in [9.17, 15) is 9.59 Å². The van der Waals surface area contributed by atoms with Crippen molar-refractivity contribution in [3.05, 3.63) is 29.8 Å². The van der Waals surface area contributed by atoms with E-state index in [1.54, 1.807) is 11.9 Å². The van der Waals surface area contributed by atoms with Crippen LogP contribution in [0.2, 0.25) is 0 Å². The van der Waals surface area contributed by atoms with Gasteiger partial charge in [-0.15, -0.1) is 0 Å². The van der Waals surface area contributed by atoms with Crippen LogP contribution in [-0.2, 0) is 14.3 Å². The fraction of sp³-hybridized carbons (Fsp3) is 0.556. The molecule has 1 aliphatic rings. The molecule has 1 aromatic carbocycles. The molecule has 1 saturated heterocycles. The van der Waals surface area contributed by atoms with Crippen LogP contribution in [0.1, 0.15) is 38.2 Å². The second-order valence-corrected chi connectivity index (χ2v) is 6.12. The number of hydrogen-bond donors (Lipinski definition) is 1. The molecule has 2 atom stereocenters. The minimum absolute atomic E-state index is 0.0361. The van der Waals surface area contributed by atoms with Crippen LogP contribution in [0.5, 0.6) is 0 Å². The standard InChI is InChI=1S/C18H26N2O3/c1-13-6-4-5-7-16(13)20(12-17(21)19-3)18(22)11-10-15-9-8-14(2)23-15/h4-7,14-15H,8-12H2,1-3H3,(H,19,21)/t14-,15-/m0/s1. The van der Waals surface area contributed by atoms with Gasteiger partial charge < -0.3 is 15.0 Å². The number of likely N-dealkylation sites (N-methyl/N-ethyl adjacent to an activating group) is 1. The largest absolute Gasteiger partial charge is 0.375 e. The molecule has 0 spiro atoms. The molecule has 0 aliphatic carbocycles. The molecule has 2 amide bonds. The predicted molar refractivity (Wildman–Crippen MR) is 90.4 cm³/mol. The fourth-order valence-electron chi connectivity index (χ4n) is 2.91. The van der Waals surface area contributed by atoms with E-state index in [1.165, 1.54) is 0 Å². The summed E-state index contributed by atoms with van der Waals surface area (Å²) in [6.07, 6.45) is 3.61. The van der Waals surface area contributed by atoms with Crippen LogP contribution in [0.15, 0.2) is 24.3 Å². The number of para-hydroxylation sites is 1. The highest BCUT2D eigenvalue weighted by Gasteiger charge is 2.25. The zero-order chi connectivity index (χ0) is 16.8. The molecule has 0 radical (unpaired) electrons. The van der Waals surface area contributed by atoms with Gasteiger partial charge >= 0.3 is 0 Å². The van der Waals surface area contributed by atoms with Gasteiger partial charge in [0.05, 0.1) is 12.2 Å². The zero-order valence-electron chi connectivity index (χ0n) is 14.2. The van der Waals surface area contributed by atoms with E-state index in [0.29, 0.717) is 12.8 Å². The van der Waals surface area contributed by atoms with Crippen molar-refractivity contribution in [1.82, 2.24) is 5.32 Å². The summed E-state index contributed by atoms with van der Waals surface area (Å²) in [6, 6.07) is 7.63. The first-order valence-corrected chi connectivity index (χ1v) is 8.23. The third-order valence-electron chi connectivity index (χ3n) is 4.29. The Balaban J connectivity index is 2.05. The number of nitrogens with zero attached hydrogens (tertiary/aromatic N) is 1. The van der Waals surface area contributed by atoms with Gasteiger partial charge in [0, 0.05) is 19.2 Å². The first-order valence-electron chi connectivity index (χ1n) is 8.23. The Bertz CT molecular complexity index is 559. The molecule has 5 heteroatoms. The van der Waals surface area contributed by atoms with Crippen LogP contribution in [0.4, 0.5) is 5.69 Å². The van der Waals surface area contributed by atoms with Gasteiger partial charge in [0.25, 0.3) is 0 Å². The Morgan fingerprint density at radius 2 is 2.04 bits per heavy atom. The predicted octanol–water partition coefficient (Wildman–Crippen LogP) is 2.42. The molecule has 5 nitrogen and oxygen atoms in total. The third kappa shape index (κ3) is 4.79. The van der Waals surface area contributed by atoms with Gasteiger partial charge in [0.2, 0.25) is 11.8 Å². The first kappa shape index (κ1) is 17.5. The number of benzene rings is 1. The minimum atomic E-state index is -0.174. The normalized spacial score (nSPS) is 20.3. The van der Waals surface area contributed by atoms with Crippen LogP contribution >= 0.6 is 0 Å². The second kappa shape index (κ2) is 8.11. The summed E-state index contributed by atoms with van der Waals surface area (Å²) in [6.45, 7) is 4.05. The number of aryl methyl sites for hydroxylation is 1. The van der Waals surface area contributed by atoms with Crippen molar-refractivity contribution < 1.29 is 14.3 Å². The molecule has 1 fully saturated rings. The number of carbonyl (C=O) groups is 2. The summed E-state index contributed by atoms with van der Waals surface area (Å²) in [5, 5.41) is 2.59. The molecule has 1 N–H and O–H groups in total. The number of rotatable bonds is 6. The second-order valence-electron chi connectivity index (χ2n) is 6.12. The topological polar surface area (TPSA) is 58.6 Å². The molecule has 1 aromatic rings. The molecule has 2 rings (SSSR count). The molecule has 23 heavy (non-hydrogen) atoms. The van der Waals surface area contributed by atoms with Crippen LogP contribution in [0.3, 0.4) is 0 Å². The highest BCUT2D eigenvalue weighted by molar-refractivity contribution is 5.99. The lowest BCUT2D eigenvalue weighted by molar-refractivity contribution is -0.123. The lowest BCUT2D eigenvalue weighted by Crippen LogP contribution is -2.40. The monoisotopic (exact) mass is 318 g/mol. The minimum Gasteiger partial charge on any atom is -0.375 e. The van der Waals surface area contributed by atoms with Crippen LogP contribution in [-0.4, -0.2) is 37.6 Å². The van der Waals surface area contributed by atoms with Crippen LogP contribution < -0.4 is 10.2 Å². The van der Waals surface area contributed by atoms with E-state index in [0.717, 1.165) is 24.1 Å². The number of ether oxygens (including phenoxy) is 1. The number of amides is 2. The summed E-state index contributed by atoms with van der Waals surface area (Å²) in [5.74, 6) is -0.210. The van der Waals surface area contributed by atoms with Crippen LogP contribution in [0.25, 0.3) is 0 Å². The smallest absolute Gasteiger partial charge is 0.239 e. The summed E-state index contributed by atoms with van der Waals surface area (Å²) < 4.78 is 5.77. The number of hydrogen-bond acceptors (Lipinski definition) is 3. The molecule has 0 aromatic heterocycles. The number of nitrogens with one attached hydrogen (secondary N) is 1. The Morgan fingerprint density at radius 3 is 2.65 bits per heavy atom. The maximum atomic E-state index is 12.7. The van der Waals surface area contributed by atoms with E-state index in [1.807, 2.05) is 31.2 Å². The van der Waals surface area contributed by atoms with E-state index in [-0.39, 0.29) is 30.6 Å². The van der Waals surface area contributed by atoms with Crippen molar-refractivity contribution in [2.45, 2.75) is 51.7 Å². The number of anilines is 1. The maximum Gasteiger partial charge on any atom is 0.239 e. The van der Waals surface area contributed by atoms with Crippen molar-refractivity contribution >= 4 is 17.5 Å². The summed E-state index contributed by atoms with van der Waals surface area (Å²) >= 11 is 0. The Kier molecular flexibility index (Phi) is 6.16. The van der Waals surface area contributed by atoms with Crippen molar-refractivity contribution in [1.29, 1.82) is 0 Å². The van der Waals surface area contributed by atoms with Crippen molar-refractivity contribution in [2.24, 2.45) is 0 Å². The van der Waals surface area contributed by atoms with Crippen LogP contribution in [0, 0.1) is 6.92 Å². The number of carbonyl (C=O) groups excluding carboxylic acids is 2. The van der Waals surface area contributed by atoms with Gasteiger partial charge in [-0.25, -0.2) is 0 Å². The highest BCUT2D eigenvalue weighted by Crippen LogP contribution is 2.25.